The molecule has 0 aromatic heterocycles. The number of alkyl halides is 6. The molecule has 0 saturated heterocycles. The summed E-state index contributed by atoms with van der Waals surface area (Å²) < 4.78 is -1.89. The van der Waals surface area contributed by atoms with Gasteiger partial charge < -0.3 is 5.11 Å². The lowest BCUT2D eigenvalue weighted by Gasteiger charge is -2.35. The maximum absolute atomic E-state index is 9.16. The van der Waals surface area contributed by atoms with Gasteiger partial charge in [0.25, 0.3) is 0 Å². The number of aromatic hydroxyl groups is 1. The molecule has 1 unspecified atom stereocenters. The summed E-state index contributed by atoms with van der Waals surface area (Å²) in [7, 11) is 0. The molecule has 16 heavy (non-hydrogen) atoms. The van der Waals surface area contributed by atoms with Crippen molar-refractivity contribution in [2.45, 2.75) is 13.5 Å². The maximum atomic E-state index is 9.16. The van der Waals surface area contributed by atoms with Crippen LogP contribution in [0, 0.1) is 0 Å². The van der Waals surface area contributed by atoms with Crippen LogP contribution >= 0.6 is 69.6 Å². The molecule has 1 atom stereocenters. The minimum atomic E-state index is -1.89. The SMILES string of the molecule is Oc1ccc(C(Cl)(C(Cl)Cl)C(Cl)(Cl)Cl)cc1. The first-order valence-electron chi connectivity index (χ1n) is 4.03. The Morgan fingerprint density at radius 2 is 1.38 bits per heavy atom. The van der Waals surface area contributed by atoms with Gasteiger partial charge in [-0.1, -0.05) is 46.9 Å². The van der Waals surface area contributed by atoms with Crippen LogP contribution in [0.25, 0.3) is 0 Å². The molecule has 1 N–H and O–H groups in total. The smallest absolute Gasteiger partial charge is 0.216 e. The number of benzene rings is 1. The van der Waals surface area contributed by atoms with Gasteiger partial charge >= 0.3 is 0 Å². The van der Waals surface area contributed by atoms with Crippen molar-refractivity contribution in [3.05, 3.63) is 29.8 Å². The molecule has 1 aromatic carbocycles. The molecule has 90 valence electrons. The predicted octanol–water partition coefficient (Wildman–Crippen LogP) is 5.00. The van der Waals surface area contributed by atoms with E-state index >= 15 is 0 Å². The Kier molecular flexibility index (Phi) is 4.79. The van der Waals surface area contributed by atoms with Crippen molar-refractivity contribution in [3.63, 3.8) is 0 Å². The average Bonchev–Trinajstić information content (AvgIpc) is 2.15. The number of rotatable bonds is 2. The van der Waals surface area contributed by atoms with Gasteiger partial charge in [0.1, 0.15) is 15.5 Å². The highest BCUT2D eigenvalue weighted by Crippen LogP contribution is 2.54. The molecule has 0 radical (unpaired) electrons. The van der Waals surface area contributed by atoms with Crippen LogP contribution < -0.4 is 0 Å². The molecule has 0 bridgehead atoms. The van der Waals surface area contributed by atoms with Crippen LogP contribution in [0.5, 0.6) is 5.75 Å². The number of halogens is 6. The van der Waals surface area contributed by atoms with Gasteiger partial charge in [-0.05, 0) is 17.7 Å². The Labute approximate surface area is 123 Å². The van der Waals surface area contributed by atoms with E-state index in [-0.39, 0.29) is 5.75 Å². The third-order valence-electron chi connectivity index (χ3n) is 2.00. The lowest BCUT2D eigenvalue weighted by molar-refractivity contribution is 0.474. The first-order chi connectivity index (χ1) is 7.19. The molecule has 0 aliphatic rings. The van der Waals surface area contributed by atoms with Crippen LogP contribution in [0.2, 0.25) is 0 Å². The summed E-state index contributed by atoms with van der Waals surface area (Å²) in [5, 5.41) is 9.16. The lowest BCUT2D eigenvalue weighted by Crippen LogP contribution is -2.40. The summed E-state index contributed by atoms with van der Waals surface area (Å²) in [5.74, 6) is 0.0628. The molecular weight excluding hydrogens is 337 g/mol. The van der Waals surface area contributed by atoms with E-state index in [9.17, 15) is 0 Å². The largest absolute Gasteiger partial charge is 0.508 e. The minimum Gasteiger partial charge on any atom is -0.508 e. The third kappa shape index (κ3) is 2.77. The third-order valence-corrected chi connectivity index (χ3v) is 4.78. The van der Waals surface area contributed by atoms with E-state index in [0.29, 0.717) is 5.56 Å². The molecule has 0 aliphatic heterocycles. The summed E-state index contributed by atoms with van der Waals surface area (Å²) in [6.45, 7) is 0. The van der Waals surface area contributed by atoms with Crippen molar-refractivity contribution in [2.24, 2.45) is 0 Å². The van der Waals surface area contributed by atoms with Crippen LogP contribution in [0.1, 0.15) is 5.56 Å². The topological polar surface area (TPSA) is 20.2 Å². The average molecular weight is 343 g/mol. The van der Waals surface area contributed by atoms with Crippen molar-refractivity contribution < 1.29 is 5.11 Å². The zero-order valence-corrected chi connectivity index (χ0v) is 12.1. The number of hydrogen-bond donors (Lipinski definition) is 1. The second kappa shape index (κ2) is 5.17. The first-order valence-corrected chi connectivity index (χ1v) is 6.41. The second-order valence-electron chi connectivity index (χ2n) is 3.06. The molecule has 0 fully saturated rings. The molecule has 1 aromatic rings. The Hall–Kier alpha value is 0.760. The van der Waals surface area contributed by atoms with E-state index in [1.807, 2.05) is 0 Å². The Bertz CT molecular complexity index is 357. The summed E-state index contributed by atoms with van der Waals surface area (Å²) in [6, 6.07) is 5.78. The molecule has 0 aliphatic carbocycles. The van der Waals surface area contributed by atoms with E-state index in [2.05, 4.69) is 0 Å². The molecule has 0 saturated carbocycles. The van der Waals surface area contributed by atoms with Gasteiger partial charge in [0.2, 0.25) is 3.79 Å². The summed E-state index contributed by atoms with van der Waals surface area (Å²) >= 11 is 35.0. The van der Waals surface area contributed by atoms with E-state index in [4.69, 9.17) is 74.7 Å². The van der Waals surface area contributed by atoms with Crippen LogP contribution in [-0.4, -0.2) is 13.7 Å². The van der Waals surface area contributed by atoms with Crippen molar-refractivity contribution in [2.75, 3.05) is 0 Å². The van der Waals surface area contributed by atoms with Gasteiger partial charge in [-0.2, -0.15) is 0 Å². The minimum absolute atomic E-state index is 0.0628. The first kappa shape index (κ1) is 14.8. The van der Waals surface area contributed by atoms with Crippen LogP contribution in [0.15, 0.2) is 24.3 Å². The lowest BCUT2D eigenvalue weighted by atomic mass is 10.0. The zero-order valence-electron chi connectivity index (χ0n) is 7.60. The van der Waals surface area contributed by atoms with Crippen molar-refractivity contribution in [3.8, 4) is 5.75 Å². The fourth-order valence-electron chi connectivity index (χ4n) is 1.12. The molecule has 0 amide bonds. The standard InChI is InChI=1S/C9H6Cl6O/c10-7(11)8(12,9(13,14)15)5-1-3-6(16)4-2-5/h1-4,7,16H. The summed E-state index contributed by atoms with van der Waals surface area (Å²) in [5.41, 5.74) is 0.405. The molecule has 1 rings (SSSR count). The predicted molar refractivity (Wildman–Crippen MR) is 71.4 cm³/mol. The Morgan fingerprint density at radius 1 is 0.938 bits per heavy atom. The van der Waals surface area contributed by atoms with Crippen molar-refractivity contribution in [1.82, 2.24) is 0 Å². The summed E-state index contributed by atoms with van der Waals surface area (Å²) in [4.78, 5) is -2.72. The monoisotopic (exact) mass is 340 g/mol. The summed E-state index contributed by atoms with van der Waals surface area (Å²) in [6.07, 6.45) is 0. The normalized spacial score (nSPS) is 16.2. The van der Waals surface area contributed by atoms with Gasteiger partial charge in [-0.25, -0.2) is 0 Å². The fraction of sp³-hybridized carbons (Fsp3) is 0.333. The maximum Gasteiger partial charge on any atom is 0.216 e. The second-order valence-corrected chi connectivity index (χ2v) is 7.03. The van der Waals surface area contributed by atoms with Crippen LogP contribution in [0.4, 0.5) is 0 Å². The Morgan fingerprint density at radius 3 is 1.69 bits per heavy atom. The molecule has 0 heterocycles. The van der Waals surface area contributed by atoms with Crippen LogP contribution in [0.3, 0.4) is 0 Å². The van der Waals surface area contributed by atoms with Gasteiger partial charge in [0.15, 0.2) is 0 Å². The number of phenolic OH excluding ortho intramolecular Hbond substituents is 1. The molecule has 0 spiro atoms. The quantitative estimate of drug-likeness (QED) is 0.750. The number of hydrogen-bond acceptors (Lipinski definition) is 1. The fourth-order valence-corrected chi connectivity index (χ4v) is 2.81. The van der Waals surface area contributed by atoms with Gasteiger partial charge in [-0.3, -0.25) is 0 Å². The molecule has 1 nitrogen and oxygen atoms in total. The van der Waals surface area contributed by atoms with E-state index in [0.717, 1.165) is 0 Å². The highest BCUT2D eigenvalue weighted by Gasteiger charge is 2.53. The number of phenols is 1. The molecular formula is C9H6Cl6O. The van der Waals surface area contributed by atoms with E-state index < -0.39 is 13.5 Å². The highest BCUT2D eigenvalue weighted by molar-refractivity contribution is 6.72. The van der Waals surface area contributed by atoms with Gasteiger partial charge in [-0.15, -0.1) is 34.8 Å². The van der Waals surface area contributed by atoms with Gasteiger partial charge in [0, 0.05) is 0 Å². The van der Waals surface area contributed by atoms with E-state index in [1.165, 1.54) is 24.3 Å². The van der Waals surface area contributed by atoms with Crippen LogP contribution in [-0.2, 0) is 4.87 Å². The Balaban J connectivity index is 3.28. The van der Waals surface area contributed by atoms with Gasteiger partial charge in [0.05, 0.1) is 0 Å². The van der Waals surface area contributed by atoms with E-state index in [1.54, 1.807) is 0 Å². The highest BCUT2D eigenvalue weighted by atomic mass is 35.6. The zero-order chi connectivity index (χ0) is 12.6. The molecule has 7 heteroatoms. The van der Waals surface area contributed by atoms with Crippen molar-refractivity contribution in [1.29, 1.82) is 0 Å². The van der Waals surface area contributed by atoms with Crippen molar-refractivity contribution >= 4 is 69.6 Å².